The summed E-state index contributed by atoms with van der Waals surface area (Å²) in [5.74, 6) is -1.71. The second-order valence-electron chi connectivity index (χ2n) is 28.7. The Morgan fingerprint density at radius 3 is 2.14 bits per heavy atom. The fraction of sp³-hybridized carbons (Fsp3) is 0.533. The number of benzene rings is 4. The molecule has 5 fully saturated rings. The number of fused-ring (bicyclic) bond motifs is 1. The van der Waals surface area contributed by atoms with Crippen molar-refractivity contribution in [2.45, 2.75) is 192 Å². The van der Waals surface area contributed by atoms with Gasteiger partial charge in [0.05, 0.1) is 36.9 Å². The Hall–Kier alpha value is -8.67. The number of H-pyrrole nitrogens is 1. The maximum absolute atomic E-state index is 14.5. The minimum absolute atomic E-state index is 0.00576. The molecule has 2 aromatic heterocycles. The number of nitrogens with zero attached hydrogens (tertiary/aromatic N) is 7. The van der Waals surface area contributed by atoms with Crippen LogP contribution >= 0.6 is 0 Å². The number of phenolic OH excluding ortho intramolecular Hbond substituents is 2. The third-order valence-electron chi connectivity index (χ3n) is 20.7. The minimum Gasteiger partial charge on any atom is -0.508 e. The van der Waals surface area contributed by atoms with Crippen molar-refractivity contribution in [2.75, 3.05) is 52.4 Å². The Balaban J connectivity index is 0.595. The summed E-state index contributed by atoms with van der Waals surface area (Å²) in [5, 5.41) is 37.9. The van der Waals surface area contributed by atoms with Gasteiger partial charge in [0.1, 0.15) is 41.3 Å². The van der Waals surface area contributed by atoms with Crippen molar-refractivity contribution in [3.05, 3.63) is 130 Å². The Labute approximate surface area is 573 Å². The van der Waals surface area contributed by atoms with Crippen LogP contribution in [0.5, 0.6) is 11.5 Å². The van der Waals surface area contributed by atoms with Gasteiger partial charge in [-0.2, -0.15) is 5.10 Å². The van der Waals surface area contributed by atoms with Gasteiger partial charge in [0, 0.05) is 80.8 Å². The van der Waals surface area contributed by atoms with E-state index in [4.69, 9.17) is 9.47 Å². The average Bonchev–Trinajstić information content (AvgIpc) is 1.57. The molecule has 0 spiro atoms. The van der Waals surface area contributed by atoms with Crippen LogP contribution in [0, 0.1) is 11.8 Å². The highest BCUT2D eigenvalue weighted by atomic mass is 16.6. The summed E-state index contributed by atoms with van der Waals surface area (Å²) < 4.78 is 15.1. The number of aromatic nitrogens is 4. The van der Waals surface area contributed by atoms with Crippen LogP contribution < -0.4 is 21.6 Å². The number of ketones is 1. The van der Waals surface area contributed by atoms with Gasteiger partial charge in [0.2, 0.25) is 29.5 Å². The number of phenols is 2. The Morgan fingerprint density at radius 1 is 0.776 bits per heavy atom. The first kappa shape index (κ1) is 70.6. The fourth-order valence-electron chi connectivity index (χ4n) is 14.9. The first-order chi connectivity index (χ1) is 47.1. The molecule has 23 heteroatoms. The maximum Gasteiger partial charge on any atom is 0.348 e. The summed E-state index contributed by atoms with van der Waals surface area (Å²) in [4.78, 5) is 118. The second-order valence-corrected chi connectivity index (χ2v) is 28.7. The van der Waals surface area contributed by atoms with E-state index in [9.17, 15) is 48.6 Å². The largest absolute Gasteiger partial charge is 0.508 e. The van der Waals surface area contributed by atoms with Crippen molar-refractivity contribution >= 4 is 52.2 Å². The van der Waals surface area contributed by atoms with Gasteiger partial charge in [-0.05, 0) is 162 Å². The molecule has 524 valence electrons. The van der Waals surface area contributed by atoms with E-state index in [0.717, 1.165) is 73.8 Å². The number of Topliss-reactive ketones (excluding diaryl/α,β-unsaturated/α-hetero) is 1. The number of nitrogens with one attached hydrogen (secondary N) is 4. The van der Waals surface area contributed by atoms with E-state index in [1.807, 2.05) is 123 Å². The zero-order chi connectivity index (χ0) is 69.4. The lowest BCUT2D eigenvalue weighted by molar-refractivity contribution is -0.153. The van der Waals surface area contributed by atoms with Crippen LogP contribution in [-0.2, 0) is 62.4 Å². The molecule has 4 aromatic carbocycles. The van der Waals surface area contributed by atoms with Crippen LogP contribution in [0.1, 0.15) is 141 Å². The predicted molar refractivity (Wildman–Crippen MR) is 370 cm³/mol. The number of hydrogen-bond donors (Lipinski definition) is 6. The maximum atomic E-state index is 14.5. The van der Waals surface area contributed by atoms with Gasteiger partial charge in [-0.25, -0.2) is 14.5 Å². The van der Waals surface area contributed by atoms with Gasteiger partial charge in [-0.15, -0.1) is 0 Å². The van der Waals surface area contributed by atoms with E-state index in [-0.39, 0.29) is 98.1 Å². The first-order valence-electron chi connectivity index (χ1n) is 35.3. The summed E-state index contributed by atoms with van der Waals surface area (Å²) in [7, 11) is 0. The molecule has 5 saturated heterocycles. The molecule has 11 rings (SSSR count). The molecule has 5 amide bonds. The fourth-order valence-corrected chi connectivity index (χ4v) is 14.9. The van der Waals surface area contributed by atoms with Crippen molar-refractivity contribution in [3.63, 3.8) is 0 Å². The third kappa shape index (κ3) is 17.2. The number of carbonyl (C=O) groups is 7. The Kier molecular flexibility index (Phi) is 22.7. The van der Waals surface area contributed by atoms with Crippen molar-refractivity contribution in [1.82, 2.24) is 54.9 Å². The molecule has 0 aliphatic carbocycles. The number of piperidine rings is 3. The molecular weight excluding hydrogens is 1250 g/mol. The molecule has 98 heavy (non-hydrogen) atoms. The summed E-state index contributed by atoms with van der Waals surface area (Å²) in [6, 6.07) is 26.1. The van der Waals surface area contributed by atoms with Crippen LogP contribution in [0.2, 0.25) is 0 Å². The SMILES string of the molecule is CC(C)C[C@H](NC(=O)[C@H](Cc1ccccc1)N1C(=O)[C@@H](NC(=O)[C@H](CCc2ccccc2)NC(=O)CN2CCC(OC(=O)CCC(=O)N3CCC(N4CCC(CCn5ccc6cc(-n7c(-c8cc(C(C)C)c(O)cc8O)n[nH]c7=O)ccc65)CC4)CC3)CC2)CC1C)C(=O)[C@@]1(C)CO1. The van der Waals surface area contributed by atoms with Gasteiger partial charge in [-0.1, -0.05) is 88.4 Å². The van der Waals surface area contributed by atoms with Crippen LogP contribution in [0.4, 0.5) is 0 Å². The number of amides is 5. The van der Waals surface area contributed by atoms with Gasteiger partial charge in [0.25, 0.3) is 0 Å². The smallest absolute Gasteiger partial charge is 0.348 e. The van der Waals surface area contributed by atoms with Gasteiger partial charge >= 0.3 is 11.7 Å². The molecule has 5 aliphatic heterocycles. The van der Waals surface area contributed by atoms with E-state index in [1.165, 1.54) is 15.5 Å². The molecule has 6 N–H and O–H groups in total. The van der Waals surface area contributed by atoms with Crippen molar-refractivity contribution in [2.24, 2.45) is 11.8 Å². The lowest BCUT2D eigenvalue weighted by Gasteiger charge is -2.42. The predicted octanol–water partition coefficient (Wildman–Crippen LogP) is 7.32. The topological polar surface area (TPSA) is 286 Å². The summed E-state index contributed by atoms with van der Waals surface area (Å²) >= 11 is 0. The van der Waals surface area contributed by atoms with E-state index in [1.54, 1.807) is 13.0 Å². The van der Waals surface area contributed by atoms with E-state index < -0.39 is 65.2 Å². The number of aromatic amines is 1. The number of epoxide rings is 1. The summed E-state index contributed by atoms with van der Waals surface area (Å²) in [6.07, 6.45) is 9.38. The average molecular weight is 1340 g/mol. The molecule has 0 saturated carbocycles. The molecule has 0 radical (unpaired) electrons. The molecule has 6 atom stereocenters. The van der Waals surface area contributed by atoms with Crippen LogP contribution in [0.15, 0.2) is 108 Å². The van der Waals surface area contributed by atoms with Crippen molar-refractivity contribution < 1.29 is 53.2 Å². The minimum atomic E-state index is -0.984. The second kappa shape index (κ2) is 31.5. The molecule has 6 aromatic rings. The summed E-state index contributed by atoms with van der Waals surface area (Å²) in [6.45, 7) is 16.8. The molecule has 1 unspecified atom stereocenters. The van der Waals surface area contributed by atoms with Gasteiger partial charge in [0.15, 0.2) is 11.6 Å². The lowest BCUT2D eigenvalue weighted by atomic mass is 9.91. The van der Waals surface area contributed by atoms with Crippen molar-refractivity contribution in [1.29, 1.82) is 0 Å². The number of likely N-dealkylation sites (tertiary alicyclic amines) is 4. The number of rotatable bonds is 28. The van der Waals surface area contributed by atoms with Crippen LogP contribution in [-0.4, -0.2) is 191 Å². The third-order valence-corrected chi connectivity index (χ3v) is 20.7. The standard InChI is InChI=1S/C75H97N11O12/c1-47(2)39-60(69(92)75(6)46-97-75)77-72(94)63(41-52-15-11-8-12-16-52)85-49(5)40-61(73(85)95)78-71(93)59(19-17-50-13-9-7-10-14-50)76-66(89)45-81-31-29-56(30-32-81)98-68(91)22-21-67(90)84-37-27-54(28-38-84)82-33-23-51(24-34-82)25-35-83-36-26-53-42-55(18-20-62(53)83)86-70(79-80-74(86)96)58-43-57(48(3)4)64(87)44-65(58)88/h7-16,18,20,26,36,42-44,47-49,51,54,56,59-61,63,87-88H,17,19,21-25,27-35,37-41,45-46H2,1-6H3,(H,76,89)(H,77,94)(H,78,93)(H,80,96)/t49?,59-,60-,61-,63-,75+/m0/s1. The Morgan fingerprint density at radius 2 is 1.47 bits per heavy atom. The number of aromatic hydroxyl groups is 2. The van der Waals surface area contributed by atoms with E-state index >= 15 is 0 Å². The zero-order valence-corrected chi connectivity index (χ0v) is 57.5. The van der Waals surface area contributed by atoms with E-state index in [2.05, 4.69) is 47.9 Å². The monoisotopic (exact) mass is 1340 g/mol. The number of ether oxygens (including phenoxy) is 2. The molecular formula is C75H97N11O12. The van der Waals surface area contributed by atoms with E-state index in [0.29, 0.717) is 80.6 Å². The lowest BCUT2D eigenvalue weighted by Crippen LogP contribution is -2.57. The summed E-state index contributed by atoms with van der Waals surface area (Å²) in [5.41, 5.74) is 3.05. The Bertz CT molecular complexity index is 3860. The quantitative estimate of drug-likeness (QED) is 0.0207. The number of aryl methyl sites for hydroxylation is 2. The highest BCUT2D eigenvalue weighted by Gasteiger charge is 2.51. The highest BCUT2D eigenvalue weighted by Crippen LogP contribution is 2.38. The van der Waals surface area contributed by atoms with Gasteiger partial charge < -0.3 is 54.9 Å². The van der Waals surface area contributed by atoms with Crippen molar-refractivity contribution in [3.8, 4) is 28.6 Å². The number of esters is 1. The molecule has 0 bridgehead atoms. The normalized spacial score (nSPS) is 20.8. The van der Waals surface area contributed by atoms with Gasteiger partial charge in [-0.3, -0.25) is 38.5 Å². The zero-order valence-electron chi connectivity index (χ0n) is 57.5. The van der Waals surface area contributed by atoms with Crippen LogP contribution in [0.3, 0.4) is 0 Å². The molecule has 5 aliphatic rings. The molecule has 7 heterocycles. The van der Waals surface area contributed by atoms with Crippen LogP contribution in [0.25, 0.3) is 28.0 Å². The first-order valence-corrected chi connectivity index (χ1v) is 35.3. The number of hydrogen-bond acceptors (Lipinski definition) is 15. The highest BCUT2D eigenvalue weighted by molar-refractivity contribution is 5.99. The number of carbonyl (C=O) groups excluding carboxylic acids is 7. The molecule has 23 nitrogen and oxygen atoms in total.